The molecule has 2 N–H and O–H groups in total. The zero-order chi connectivity index (χ0) is 18.2. The molecule has 1 amide bonds. The van der Waals surface area contributed by atoms with Crippen LogP contribution in [0.4, 0.5) is 5.69 Å². The lowest BCUT2D eigenvalue weighted by molar-refractivity contribution is -0.117. The first kappa shape index (κ1) is 18.5. The number of amides is 1. The molecule has 0 radical (unpaired) electrons. The van der Waals surface area contributed by atoms with Crippen LogP contribution >= 0.6 is 11.6 Å². The van der Waals surface area contributed by atoms with E-state index in [9.17, 15) is 10.1 Å². The summed E-state index contributed by atoms with van der Waals surface area (Å²) in [5.41, 5.74) is 2.69. The van der Waals surface area contributed by atoms with Gasteiger partial charge in [0.2, 0.25) is 0 Å². The molecule has 1 unspecified atom stereocenters. The molecule has 0 aliphatic rings. The molecule has 6 heteroatoms. The summed E-state index contributed by atoms with van der Waals surface area (Å²) < 4.78 is 0. The summed E-state index contributed by atoms with van der Waals surface area (Å²) in [6, 6.07) is 13.1. The number of benzene rings is 1. The Labute approximate surface area is 152 Å². The first-order valence-corrected chi connectivity index (χ1v) is 8.30. The van der Waals surface area contributed by atoms with Gasteiger partial charge in [-0.2, -0.15) is 5.26 Å². The third-order valence-corrected chi connectivity index (χ3v) is 4.03. The van der Waals surface area contributed by atoms with E-state index in [0.717, 1.165) is 12.0 Å². The second-order valence-electron chi connectivity index (χ2n) is 5.45. The second-order valence-corrected chi connectivity index (χ2v) is 5.80. The summed E-state index contributed by atoms with van der Waals surface area (Å²) in [5, 5.41) is 15.1. The van der Waals surface area contributed by atoms with Gasteiger partial charge in [-0.05, 0) is 36.6 Å². The lowest BCUT2D eigenvalue weighted by atomic mass is 10.0. The highest BCUT2D eigenvalue weighted by Crippen LogP contribution is 2.18. The van der Waals surface area contributed by atoms with Crippen molar-refractivity contribution < 1.29 is 4.79 Å². The quantitative estimate of drug-likeness (QED) is 0.467. The average molecular weight is 355 g/mol. The summed E-state index contributed by atoms with van der Waals surface area (Å²) in [6.07, 6.45) is 3.84. The molecule has 2 aromatic rings. The molecule has 1 atom stereocenters. The van der Waals surface area contributed by atoms with Crippen LogP contribution in [0.1, 0.15) is 31.0 Å². The molecular weight excluding hydrogens is 336 g/mol. The number of carbonyl (C=O) groups excluding carboxylic acids is 1. The van der Waals surface area contributed by atoms with Crippen molar-refractivity contribution in [2.24, 2.45) is 0 Å². The fourth-order valence-corrected chi connectivity index (χ4v) is 2.37. The number of anilines is 1. The van der Waals surface area contributed by atoms with Gasteiger partial charge >= 0.3 is 0 Å². The van der Waals surface area contributed by atoms with Crippen molar-refractivity contribution in [3.05, 3.63) is 70.6 Å². The third kappa shape index (κ3) is 5.07. The van der Waals surface area contributed by atoms with Gasteiger partial charge in [0.25, 0.3) is 5.91 Å². The SMILES string of the molecule is CCc1ccc(C(C)NC(=O)/C(C#N)=C\Nc2cccnc2Cl)cc1. The molecule has 2 rings (SSSR count). The van der Waals surface area contributed by atoms with Crippen LogP contribution in [-0.4, -0.2) is 10.9 Å². The van der Waals surface area contributed by atoms with E-state index in [-0.39, 0.29) is 16.8 Å². The molecule has 1 heterocycles. The molecule has 1 aromatic carbocycles. The second kappa shape index (κ2) is 8.86. The normalized spacial score (nSPS) is 12.2. The molecule has 25 heavy (non-hydrogen) atoms. The average Bonchev–Trinajstić information content (AvgIpc) is 2.63. The monoisotopic (exact) mass is 354 g/mol. The highest BCUT2D eigenvalue weighted by Gasteiger charge is 2.14. The molecule has 0 spiro atoms. The number of nitrogens with zero attached hydrogens (tertiary/aromatic N) is 2. The molecule has 0 bridgehead atoms. The molecular formula is C19H19ClN4O. The Morgan fingerprint density at radius 2 is 2.08 bits per heavy atom. The maximum Gasteiger partial charge on any atom is 0.263 e. The minimum absolute atomic E-state index is 0.0445. The van der Waals surface area contributed by atoms with Crippen molar-refractivity contribution in [3.8, 4) is 6.07 Å². The minimum atomic E-state index is -0.456. The Kier molecular flexibility index (Phi) is 6.55. The van der Waals surface area contributed by atoms with Crippen molar-refractivity contribution in [1.82, 2.24) is 10.3 Å². The summed E-state index contributed by atoms with van der Waals surface area (Å²) in [7, 11) is 0. The summed E-state index contributed by atoms with van der Waals surface area (Å²) in [6.45, 7) is 3.96. The molecule has 5 nitrogen and oxygen atoms in total. The fraction of sp³-hybridized carbons (Fsp3) is 0.211. The van der Waals surface area contributed by atoms with Gasteiger partial charge < -0.3 is 10.6 Å². The van der Waals surface area contributed by atoms with Gasteiger partial charge in [0.05, 0.1) is 11.7 Å². The third-order valence-electron chi connectivity index (χ3n) is 3.73. The van der Waals surface area contributed by atoms with Gasteiger partial charge in [0.1, 0.15) is 11.6 Å². The number of halogens is 1. The number of hydrogen-bond donors (Lipinski definition) is 2. The lowest BCUT2D eigenvalue weighted by Gasteiger charge is -2.14. The van der Waals surface area contributed by atoms with E-state index >= 15 is 0 Å². The van der Waals surface area contributed by atoms with E-state index in [1.165, 1.54) is 11.8 Å². The first-order chi connectivity index (χ1) is 12.0. The molecule has 0 aliphatic carbocycles. The molecule has 1 aromatic heterocycles. The zero-order valence-electron chi connectivity index (χ0n) is 14.1. The number of aryl methyl sites for hydroxylation is 1. The van der Waals surface area contributed by atoms with Crippen molar-refractivity contribution in [2.45, 2.75) is 26.3 Å². The van der Waals surface area contributed by atoms with Crippen LogP contribution in [-0.2, 0) is 11.2 Å². The Morgan fingerprint density at radius 3 is 2.68 bits per heavy atom. The Balaban J connectivity index is 2.05. The topological polar surface area (TPSA) is 77.8 Å². The Bertz CT molecular complexity index is 809. The molecule has 0 aliphatic heterocycles. The van der Waals surface area contributed by atoms with Gasteiger partial charge in [0.15, 0.2) is 5.15 Å². The van der Waals surface area contributed by atoms with Crippen molar-refractivity contribution in [2.75, 3.05) is 5.32 Å². The van der Waals surface area contributed by atoms with Crippen molar-refractivity contribution >= 4 is 23.2 Å². The molecule has 0 fully saturated rings. The van der Waals surface area contributed by atoms with E-state index in [2.05, 4.69) is 22.5 Å². The molecule has 128 valence electrons. The maximum atomic E-state index is 12.3. The van der Waals surface area contributed by atoms with Gasteiger partial charge in [-0.1, -0.05) is 42.8 Å². The van der Waals surface area contributed by atoms with Crippen molar-refractivity contribution in [1.29, 1.82) is 5.26 Å². The minimum Gasteiger partial charge on any atom is -0.358 e. The van der Waals surface area contributed by atoms with E-state index in [4.69, 9.17) is 11.6 Å². The first-order valence-electron chi connectivity index (χ1n) is 7.92. The highest BCUT2D eigenvalue weighted by atomic mass is 35.5. The molecule has 0 saturated heterocycles. The largest absolute Gasteiger partial charge is 0.358 e. The zero-order valence-corrected chi connectivity index (χ0v) is 14.8. The van der Waals surface area contributed by atoms with Crippen LogP contribution in [0, 0.1) is 11.3 Å². The van der Waals surface area contributed by atoms with E-state index in [1.807, 2.05) is 37.3 Å². The lowest BCUT2D eigenvalue weighted by Crippen LogP contribution is -2.28. The smallest absolute Gasteiger partial charge is 0.263 e. The van der Waals surface area contributed by atoms with Crippen LogP contribution in [0.15, 0.2) is 54.4 Å². The Morgan fingerprint density at radius 1 is 1.36 bits per heavy atom. The predicted molar refractivity (Wildman–Crippen MR) is 98.9 cm³/mol. The highest BCUT2D eigenvalue weighted by molar-refractivity contribution is 6.32. The van der Waals surface area contributed by atoms with Gasteiger partial charge in [0, 0.05) is 12.4 Å². The van der Waals surface area contributed by atoms with Gasteiger partial charge in [-0.15, -0.1) is 0 Å². The fourth-order valence-electron chi connectivity index (χ4n) is 2.19. The van der Waals surface area contributed by atoms with E-state index in [0.29, 0.717) is 5.69 Å². The standard InChI is InChI=1S/C19H19ClN4O/c1-3-14-6-8-15(9-7-14)13(2)24-19(25)16(11-21)12-23-17-5-4-10-22-18(17)20/h4-10,12-13,23H,3H2,1-2H3,(H,24,25)/b16-12-. The van der Waals surface area contributed by atoms with Crippen LogP contribution in [0.5, 0.6) is 0 Å². The number of pyridine rings is 1. The van der Waals surface area contributed by atoms with Gasteiger partial charge in [-0.3, -0.25) is 4.79 Å². The van der Waals surface area contributed by atoms with Gasteiger partial charge in [-0.25, -0.2) is 4.98 Å². The van der Waals surface area contributed by atoms with Crippen LogP contribution in [0.25, 0.3) is 0 Å². The number of nitrogens with one attached hydrogen (secondary N) is 2. The van der Waals surface area contributed by atoms with E-state index in [1.54, 1.807) is 18.3 Å². The molecule has 0 saturated carbocycles. The number of hydrogen-bond acceptors (Lipinski definition) is 4. The van der Waals surface area contributed by atoms with Crippen LogP contribution in [0.2, 0.25) is 5.15 Å². The number of carbonyl (C=O) groups is 1. The summed E-state index contributed by atoms with van der Waals surface area (Å²) in [5.74, 6) is -0.456. The van der Waals surface area contributed by atoms with Crippen molar-refractivity contribution in [3.63, 3.8) is 0 Å². The summed E-state index contributed by atoms with van der Waals surface area (Å²) in [4.78, 5) is 16.2. The maximum absolute atomic E-state index is 12.3. The summed E-state index contributed by atoms with van der Waals surface area (Å²) >= 11 is 5.93. The Hall–Kier alpha value is -2.84. The number of aromatic nitrogens is 1. The predicted octanol–water partition coefficient (Wildman–Crippen LogP) is 3.99. The van der Waals surface area contributed by atoms with Crippen LogP contribution in [0.3, 0.4) is 0 Å². The van der Waals surface area contributed by atoms with Crippen LogP contribution < -0.4 is 10.6 Å². The number of nitriles is 1. The van der Waals surface area contributed by atoms with E-state index < -0.39 is 5.91 Å². The number of rotatable bonds is 6.